The number of pyridine rings is 1. The summed E-state index contributed by atoms with van der Waals surface area (Å²) in [5.41, 5.74) is 6.31. The van der Waals surface area contributed by atoms with Crippen LogP contribution >= 0.6 is 15.9 Å². The van der Waals surface area contributed by atoms with Crippen LogP contribution in [0.5, 0.6) is 5.75 Å². The quantitative estimate of drug-likeness (QED) is 0.655. The van der Waals surface area contributed by atoms with E-state index in [0.717, 1.165) is 0 Å². The lowest BCUT2D eigenvalue weighted by Gasteiger charge is -2.10. The number of aromatic nitrogens is 1. The minimum atomic E-state index is -0.409. The third kappa shape index (κ3) is 3.82. The van der Waals surface area contributed by atoms with Gasteiger partial charge in [0, 0.05) is 10.7 Å². The van der Waals surface area contributed by atoms with Crippen molar-refractivity contribution < 1.29 is 9.13 Å². The van der Waals surface area contributed by atoms with Gasteiger partial charge in [0.05, 0.1) is 12.2 Å². The second kappa shape index (κ2) is 6.38. The van der Waals surface area contributed by atoms with Gasteiger partial charge in [-0.2, -0.15) is 0 Å². The number of nitrogens with one attached hydrogen (secondary N) is 1. The zero-order valence-electron chi connectivity index (χ0n) is 10.1. The van der Waals surface area contributed by atoms with Gasteiger partial charge in [-0.05, 0) is 34.1 Å². The number of benzene rings is 1. The number of hydrogen-bond donors (Lipinski definition) is 2. The smallest absolute Gasteiger partial charge is 0.166 e. The molecule has 0 radical (unpaired) electrons. The summed E-state index contributed by atoms with van der Waals surface area (Å²) in [5.74, 6) is 0.412. The number of nitrogens with zero attached hydrogens (tertiary/aromatic N) is 1. The Hall–Kier alpha value is -1.82. The summed E-state index contributed by atoms with van der Waals surface area (Å²) in [6.45, 7) is 0.797. The minimum Gasteiger partial charge on any atom is -0.490 e. The standard InChI is InChI=1S/C13H13BrFN3O/c14-9-7-10(15)13(18-8-9)17-5-6-19-12-4-2-1-3-11(12)16/h1-4,7-8H,5-6,16H2,(H,17,18). The Morgan fingerprint density at radius 3 is 2.89 bits per heavy atom. The summed E-state index contributed by atoms with van der Waals surface area (Å²) in [6.07, 6.45) is 1.53. The first-order valence-electron chi connectivity index (χ1n) is 5.69. The number of rotatable bonds is 5. The average Bonchev–Trinajstić information content (AvgIpc) is 2.38. The van der Waals surface area contributed by atoms with Crippen LogP contribution in [0.1, 0.15) is 0 Å². The highest BCUT2D eigenvalue weighted by atomic mass is 79.9. The van der Waals surface area contributed by atoms with Crippen LogP contribution in [-0.2, 0) is 0 Å². The lowest BCUT2D eigenvalue weighted by molar-refractivity contribution is 0.334. The molecule has 4 nitrogen and oxygen atoms in total. The van der Waals surface area contributed by atoms with Gasteiger partial charge in [-0.15, -0.1) is 0 Å². The number of para-hydroxylation sites is 2. The van der Waals surface area contributed by atoms with Crippen molar-refractivity contribution in [1.29, 1.82) is 0 Å². The minimum absolute atomic E-state index is 0.202. The Morgan fingerprint density at radius 2 is 2.16 bits per heavy atom. The summed E-state index contributed by atoms with van der Waals surface area (Å²) >= 11 is 3.15. The molecular weight excluding hydrogens is 313 g/mol. The molecule has 2 rings (SSSR count). The molecule has 1 heterocycles. The van der Waals surface area contributed by atoms with E-state index in [-0.39, 0.29) is 5.82 Å². The fraction of sp³-hybridized carbons (Fsp3) is 0.154. The predicted octanol–water partition coefficient (Wildman–Crippen LogP) is 3.06. The van der Waals surface area contributed by atoms with Gasteiger partial charge in [0.25, 0.3) is 0 Å². The highest BCUT2D eigenvalue weighted by Gasteiger charge is 2.04. The van der Waals surface area contributed by atoms with Crippen molar-refractivity contribution in [3.63, 3.8) is 0 Å². The van der Waals surface area contributed by atoms with E-state index >= 15 is 0 Å². The zero-order valence-corrected chi connectivity index (χ0v) is 11.7. The van der Waals surface area contributed by atoms with Gasteiger partial charge in [-0.25, -0.2) is 9.37 Å². The van der Waals surface area contributed by atoms with Crippen molar-refractivity contribution in [2.45, 2.75) is 0 Å². The molecule has 6 heteroatoms. The SMILES string of the molecule is Nc1ccccc1OCCNc1ncc(Br)cc1F. The third-order valence-corrected chi connectivity index (χ3v) is 2.81. The van der Waals surface area contributed by atoms with E-state index in [1.807, 2.05) is 12.1 Å². The van der Waals surface area contributed by atoms with E-state index in [1.165, 1.54) is 12.3 Å². The van der Waals surface area contributed by atoms with Gasteiger partial charge in [0.2, 0.25) is 0 Å². The van der Waals surface area contributed by atoms with Crippen LogP contribution in [0.25, 0.3) is 0 Å². The summed E-state index contributed by atoms with van der Waals surface area (Å²) in [6, 6.07) is 8.58. The monoisotopic (exact) mass is 325 g/mol. The predicted molar refractivity (Wildman–Crippen MR) is 76.7 cm³/mol. The zero-order chi connectivity index (χ0) is 13.7. The molecule has 0 amide bonds. The van der Waals surface area contributed by atoms with Gasteiger partial charge in [-0.1, -0.05) is 12.1 Å². The number of hydrogen-bond acceptors (Lipinski definition) is 4. The summed E-state index contributed by atoms with van der Waals surface area (Å²) in [5, 5.41) is 2.86. The molecule has 0 aliphatic rings. The van der Waals surface area contributed by atoms with Gasteiger partial charge in [0.15, 0.2) is 11.6 Å². The Bertz CT molecular complexity index is 565. The number of halogens is 2. The van der Waals surface area contributed by atoms with Crippen LogP contribution in [0.15, 0.2) is 41.0 Å². The first-order valence-corrected chi connectivity index (χ1v) is 6.48. The maximum Gasteiger partial charge on any atom is 0.166 e. The maximum atomic E-state index is 13.4. The first kappa shape index (κ1) is 13.6. The van der Waals surface area contributed by atoms with Crippen LogP contribution in [0, 0.1) is 5.82 Å². The third-order valence-electron chi connectivity index (χ3n) is 2.38. The highest BCUT2D eigenvalue weighted by molar-refractivity contribution is 9.10. The number of nitrogens with two attached hydrogens (primary N) is 1. The molecule has 0 atom stereocenters. The Balaban J connectivity index is 1.83. The molecule has 100 valence electrons. The molecule has 0 spiro atoms. The fourth-order valence-electron chi connectivity index (χ4n) is 1.49. The van der Waals surface area contributed by atoms with E-state index in [4.69, 9.17) is 10.5 Å². The Labute approximate surface area is 118 Å². The van der Waals surface area contributed by atoms with E-state index in [1.54, 1.807) is 12.1 Å². The Morgan fingerprint density at radius 1 is 1.37 bits per heavy atom. The van der Waals surface area contributed by atoms with Crippen molar-refractivity contribution in [3.8, 4) is 5.75 Å². The molecule has 0 unspecified atom stereocenters. The van der Waals surface area contributed by atoms with Gasteiger partial charge >= 0.3 is 0 Å². The number of ether oxygens (including phenoxy) is 1. The second-order valence-corrected chi connectivity index (χ2v) is 4.71. The summed E-state index contributed by atoms with van der Waals surface area (Å²) < 4.78 is 19.5. The fourth-order valence-corrected chi connectivity index (χ4v) is 1.79. The van der Waals surface area contributed by atoms with Crippen molar-refractivity contribution in [2.75, 3.05) is 24.2 Å². The normalized spacial score (nSPS) is 10.2. The maximum absolute atomic E-state index is 13.4. The molecule has 0 saturated heterocycles. The van der Waals surface area contributed by atoms with Crippen molar-refractivity contribution in [3.05, 3.63) is 46.8 Å². The number of nitrogen functional groups attached to an aromatic ring is 1. The van der Waals surface area contributed by atoms with Gasteiger partial charge in [0.1, 0.15) is 12.4 Å². The van der Waals surface area contributed by atoms with Crippen LogP contribution in [0.4, 0.5) is 15.9 Å². The van der Waals surface area contributed by atoms with Crippen LogP contribution in [-0.4, -0.2) is 18.1 Å². The molecule has 1 aromatic heterocycles. The van der Waals surface area contributed by atoms with Gasteiger partial charge < -0.3 is 15.8 Å². The molecule has 0 aliphatic carbocycles. The molecule has 0 fully saturated rings. The van der Waals surface area contributed by atoms with Crippen LogP contribution < -0.4 is 15.8 Å². The van der Waals surface area contributed by atoms with E-state index < -0.39 is 5.82 Å². The molecule has 0 saturated carbocycles. The van der Waals surface area contributed by atoms with E-state index in [2.05, 4.69) is 26.2 Å². The molecule has 3 N–H and O–H groups in total. The lowest BCUT2D eigenvalue weighted by atomic mass is 10.3. The molecule has 1 aromatic carbocycles. The molecule has 19 heavy (non-hydrogen) atoms. The van der Waals surface area contributed by atoms with Crippen molar-refractivity contribution in [1.82, 2.24) is 4.98 Å². The van der Waals surface area contributed by atoms with Gasteiger partial charge in [-0.3, -0.25) is 0 Å². The Kier molecular flexibility index (Phi) is 4.57. The number of anilines is 2. The van der Waals surface area contributed by atoms with Crippen molar-refractivity contribution in [2.24, 2.45) is 0 Å². The first-order chi connectivity index (χ1) is 9.16. The van der Waals surface area contributed by atoms with E-state index in [9.17, 15) is 4.39 Å². The summed E-state index contributed by atoms with van der Waals surface area (Å²) in [4.78, 5) is 3.93. The topological polar surface area (TPSA) is 60.2 Å². The molecule has 0 aliphatic heterocycles. The molecular formula is C13H13BrFN3O. The second-order valence-electron chi connectivity index (χ2n) is 3.80. The molecule has 2 aromatic rings. The van der Waals surface area contributed by atoms with Crippen LogP contribution in [0.3, 0.4) is 0 Å². The summed E-state index contributed by atoms with van der Waals surface area (Å²) in [7, 11) is 0. The largest absolute Gasteiger partial charge is 0.490 e. The van der Waals surface area contributed by atoms with Crippen molar-refractivity contribution >= 4 is 27.4 Å². The molecule has 0 bridgehead atoms. The highest BCUT2D eigenvalue weighted by Crippen LogP contribution is 2.19. The van der Waals surface area contributed by atoms with E-state index in [0.29, 0.717) is 29.1 Å². The van der Waals surface area contributed by atoms with Crippen LogP contribution in [0.2, 0.25) is 0 Å². The lowest BCUT2D eigenvalue weighted by Crippen LogP contribution is -2.13. The average molecular weight is 326 g/mol.